The Morgan fingerprint density at radius 2 is 1.95 bits per heavy atom. The Bertz CT molecular complexity index is 712. The average molecular weight is 287 g/mol. The van der Waals surface area contributed by atoms with Crippen molar-refractivity contribution in [3.63, 3.8) is 0 Å². The summed E-state index contributed by atoms with van der Waals surface area (Å²) in [7, 11) is 0. The van der Waals surface area contributed by atoms with Crippen LogP contribution in [0.15, 0.2) is 54.6 Å². The minimum Gasteiger partial charge on any atom is -0.423 e. The van der Waals surface area contributed by atoms with Crippen molar-refractivity contribution in [2.45, 2.75) is 0 Å². The van der Waals surface area contributed by atoms with Gasteiger partial charge in [-0.05, 0) is 23.8 Å². The summed E-state index contributed by atoms with van der Waals surface area (Å²) in [6.45, 7) is 0. The maximum atomic E-state index is 12.9. The van der Waals surface area contributed by atoms with Gasteiger partial charge in [0.1, 0.15) is 11.6 Å². The lowest BCUT2D eigenvalue weighted by atomic mass is 10.2. The standard InChI is InChI=1S/C15H10FNO4/c16-12-4-2-6-14(10-12)21-15(18)8-7-11-3-1-5-13(9-11)17(19)20/h1-10H/b8-7+. The van der Waals surface area contributed by atoms with E-state index in [0.717, 1.165) is 12.1 Å². The quantitative estimate of drug-likeness (QED) is 0.284. The molecule has 0 atom stereocenters. The van der Waals surface area contributed by atoms with E-state index in [4.69, 9.17) is 4.74 Å². The number of benzene rings is 2. The number of nitro benzene ring substituents is 1. The van der Waals surface area contributed by atoms with Gasteiger partial charge < -0.3 is 4.74 Å². The third-order valence-electron chi connectivity index (χ3n) is 2.51. The van der Waals surface area contributed by atoms with E-state index in [0.29, 0.717) is 5.56 Å². The Hall–Kier alpha value is -3.02. The number of rotatable bonds is 4. The molecule has 0 unspecified atom stereocenters. The van der Waals surface area contributed by atoms with Crippen LogP contribution in [0.3, 0.4) is 0 Å². The molecule has 0 bridgehead atoms. The van der Waals surface area contributed by atoms with Crippen LogP contribution in [0.5, 0.6) is 5.75 Å². The second-order valence-corrected chi connectivity index (χ2v) is 4.06. The lowest BCUT2D eigenvalue weighted by Crippen LogP contribution is -2.03. The predicted molar refractivity (Wildman–Crippen MR) is 74.2 cm³/mol. The molecule has 2 rings (SSSR count). The minimum absolute atomic E-state index is 0.0735. The van der Waals surface area contributed by atoms with Crippen LogP contribution in [-0.2, 0) is 4.79 Å². The van der Waals surface area contributed by atoms with Crippen molar-refractivity contribution < 1.29 is 18.8 Å². The molecule has 0 radical (unpaired) electrons. The number of esters is 1. The van der Waals surface area contributed by atoms with Crippen LogP contribution in [-0.4, -0.2) is 10.9 Å². The van der Waals surface area contributed by atoms with Crippen molar-refractivity contribution in [1.82, 2.24) is 0 Å². The maximum absolute atomic E-state index is 12.9. The topological polar surface area (TPSA) is 69.4 Å². The molecule has 106 valence electrons. The molecular formula is C15H10FNO4. The van der Waals surface area contributed by atoms with Crippen LogP contribution >= 0.6 is 0 Å². The van der Waals surface area contributed by atoms with Gasteiger partial charge in [-0.2, -0.15) is 0 Å². The van der Waals surface area contributed by atoms with Crippen LogP contribution in [0.2, 0.25) is 0 Å². The summed E-state index contributed by atoms with van der Waals surface area (Å²) in [6.07, 6.45) is 2.50. The summed E-state index contributed by atoms with van der Waals surface area (Å²) in [6, 6.07) is 11.0. The van der Waals surface area contributed by atoms with Crippen LogP contribution in [0.1, 0.15) is 5.56 Å². The van der Waals surface area contributed by atoms with E-state index in [-0.39, 0.29) is 11.4 Å². The molecule has 0 amide bonds. The molecule has 0 aliphatic carbocycles. The van der Waals surface area contributed by atoms with Gasteiger partial charge in [-0.3, -0.25) is 10.1 Å². The van der Waals surface area contributed by atoms with Crippen LogP contribution in [0.4, 0.5) is 10.1 Å². The third kappa shape index (κ3) is 4.24. The second-order valence-electron chi connectivity index (χ2n) is 4.06. The Kier molecular flexibility index (Phi) is 4.40. The highest BCUT2D eigenvalue weighted by molar-refractivity contribution is 5.88. The summed E-state index contributed by atoms with van der Waals surface area (Å²) >= 11 is 0. The number of non-ortho nitro benzene ring substituents is 1. The summed E-state index contributed by atoms with van der Waals surface area (Å²) < 4.78 is 17.8. The lowest BCUT2D eigenvalue weighted by molar-refractivity contribution is -0.384. The van der Waals surface area contributed by atoms with E-state index in [9.17, 15) is 19.3 Å². The van der Waals surface area contributed by atoms with Crippen molar-refractivity contribution >= 4 is 17.7 Å². The number of ether oxygens (including phenoxy) is 1. The van der Waals surface area contributed by atoms with E-state index < -0.39 is 16.7 Å². The molecule has 6 heteroatoms. The first-order chi connectivity index (χ1) is 10.0. The van der Waals surface area contributed by atoms with E-state index in [2.05, 4.69) is 0 Å². The Balaban J connectivity index is 2.05. The summed E-state index contributed by atoms with van der Waals surface area (Å²) in [4.78, 5) is 21.6. The Morgan fingerprint density at radius 3 is 2.67 bits per heavy atom. The molecule has 5 nitrogen and oxygen atoms in total. The molecule has 2 aromatic rings. The predicted octanol–water partition coefficient (Wildman–Crippen LogP) is 3.35. The van der Waals surface area contributed by atoms with Gasteiger partial charge in [-0.15, -0.1) is 0 Å². The number of nitro groups is 1. The van der Waals surface area contributed by atoms with Crippen LogP contribution in [0, 0.1) is 15.9 Å². The summed E-state index contributed by atoms with van der Waals surface area (Å²) in [5.41, 5.74) is 0.413. The van der Waals surface area contributed by atoms with Gasteiger partial charge in [0, 0.05) is 24.3 Å². The van der Waals surface area contributed by atoms with Gasteiger partial charge >= 0.3 is 5.97 Å². The first-order valence-electron chi connectivity index (χ1n) is 5.94. The highest BCUT2D eigenvalue weighted by Gasteiger charge is 2.05. The van der Waals surface area contributed by atoms with Crippen molar-refractivity contribution in [3.8, 4) is 5.75 Å². The lowest BCUT2D eigenvalue weighted by Gasteiger charge is -2.00. The first kappa shape index (κ1) is 14.4. The fourth-order valence-corrected chi connectivity index (χ4v) is 1.59. The first-order valence-corrected chi connectivity index (χ1v) is 5.94. The van der Waals surface area contributed by atoms with E-state index in [1.54, 1.807) is 6.07 Å². The number of hydrogen-bond donors (Lipinski definition) is 0. The van der Waals surface area contributed by atoms with Crippen molar-refractivity contribution in [1.29, 1.82) is 0 Å². The molecule has 0 spiro atoms. The second kappa shape index (κ2) is 6.42. The van der Waals surface area contributed by atoms with Crippen LogP contribution < -0.4 is 4.74 Å². The SMILES string of the molecule is O=C(/C=C/c1cccc([N+](=O)[O-])c1)Oc1cccc(F)c1. The van der Waals surface area contributed by atoms with Crippen molar-refractivity contribution in [3.05, 3.63) is 76.1 Å². The highest BCUT2D eigenvalue weighted by Crippen LogP contribution is 2.15. The smallest absolute Gasteiger partial charge is 0.336 e. The molecule has 0 aliphatic rings. The van der Waals surface area contributed by atoms with E-state index >= 15 is 0 Å². The molecule has 0 heterocycles. The van der Waals surface area contributed by atoms with Gasteiger partial charge in [0.15, 0.2) is 0 Å². The van der Waals surface area contributed by atoms with Crippen molar-refractivity contribution in [2.75, 3.05) is 0 Å². The van der Waals surface area contributed by atoms with Gasteiger partial charge in [-0.25, -0.2) is 9.18 Å². The summed E-state index contributed by atoms with van der Waals surface area (Å²) in [5.74, 6) is -1.13. The average Bonchev–Trinajstić information content (AvgIpc) is 2.45. The fraction of sp³-hybridized carbons (Fsp3) is 0. The zero-order valence-electron chi connectivity index (χ0n) is 10.7. The number of nitrogens with zero attached hydrogens (tertiary/aromatic N) is 1. The number of hydrogen-bond acceptors (Lipinski definition) is 4. The Morgan fingerprint density at radius 1 is 1.19 bits per heavy atom. The van der Waals surface area contributed by atoms with Gasteiger partial charge in [0.05, 0.1) is 4.92 Å². The van der Waals surface area contributed by atoms with E-state index in [1.807, 2.05) is 0 Å². The van der Waals surface area contributed by atoms with Gasteiger partial charge in [0.2, 0.25) is 0 Å². The van der Waals surface area contributed by atoms with Gasteiger partial charge in [-0.1, -0.05) is 18.2 Å². The largest absolute Gasteiger partial charge is 0.423 e. The van der Waals surface area contributed by atoms with Crippen molar-refractivity contribution in [2.24, 2.45) is 0 Å². The molecule has 0 saturated heterocycles. The van der Waals surface area contributed by atoms with Crippen LogP contribution in [0.25, 0.3) is 6.08 Å². The van der Waals surface area contributed by atoms with Gasteiger partial charge in [0.25, 0.3) is 5.69 Å². The third-order valence-corrected chi connectivity index (χ3v) is 2.51. The van der Waals surface area contributed by atoms with E-state index in [1.165, 1.54) is 42.5 Å². The zero-order valence-corrected chi connectivity index (χ0v) is 10.7. The number of carbonyl (C=O) groups excluding carboxylic acids is 1. The Labute approximate surface area is 119 Å². The minimum atomic E-state index is -0.702. The maximum Gasteiger partial charge on any atom is 0.336 e. The molecule has 2 aromatic carbocycles. The number of carbonyl (C=O) groups is 1. The molecule has 21 heavy (non-hydrogen) atoms. The number of halogens is 1. The molecular weight excluding hydrogens is 277 g/mol. The molecule has 0 N–H and O–H groups in total. The highest BCUT2D eigenvalue weighted by atomic mass is 19.1. The summed E-state index contributed by atoms with van der Waals surface area (Å²) in [5, 5.41) is 10.6. The molecule has 0 fully saturated rings. The fourth-order valence-electron chi connectivity index (χ4n) is 1.59. The molecule has 0 saturated carbocycles. The normalized spacial score (nSPS) is 10.5. The molecule has 0 aliphatic heterocycles. The monoisotopic (exact) mass is 287 g/mol. The zero-order chi connectivity index (χ0) is 15.2. The molecule has 0 aromatic heterocycles.